The molecule has 3 aromatic rings. The maximum atomic E-state index is 13.3. The summed E-state index contributed by atoms with van der Waals surface area (Å²) in [6.45, 7) is 1.38. The monoisotopic (exact) mass is 460 g/mol. The molecule has 1 fully saturated rings. The maximum Gasteiger partial charge on any atom is 0.253 e. The first-order chi connectivity index (χ1) is 16.5. The lowest BCUT2D eigenvalue weighted by Gasteiger charge is -2.37. The molecule has 0 aliphatic carbocycles. The molecule has 4 rings (SSSR count). The highest BCUT2D eigenvalue weighted by Crippen LogP contribution is 2.31. The number of halogens is 1. The van der Waals surface area contributed by atoms with Crippen LogP contribution in [0.1, 0.15) is 33.8 Å². The fourth-order valence-electron chi connectivity index (χ4n) is 4.46. The molecule has 0 spiro atoms. The van der Waals surface area contributed by atoms with E-state index < -0.39 is 0 Å². The van der Waals surface area contributed by atoms with Gasteiger partial charge in [0, 0.05) is 31.1 Å². The van der Waals surface area contributed by atoms with Crippen molar-refractivity contribution >= 4 is 11.8 Å². The number of piperidine rings is 1. The van der Waals surface area contributed by atoms with Gasteiger partial charge in [0.25, 0.3) is 5.91 Å². The molecule has 34 heavy (non-hydrogen) atoms. The van der Waals surface area contributed by atoms with Crippen molar-refractivity contribution in [1.82, 2.24) is 10.2 Å². The normalized spacial score (nSPS) is 17.8. The predicted octanol–water partition coefficient (Wildman–Crippen LogP) is 4.44. The summed E-state index contributed by atoms with van der Waals surface area (Å²) in [5, 5.41) is 3.05. The van der Waals surface area contributed by atoms with Gasteiger partial charge in [0.05, 0.1) is 13.0 Å². The molecular formula is C28H29FN2O3. The van der Waals surface area contributed by atoms with E-state index in [1.165, 1.54) is 24.3 Å². The molecule has 3 aromatic carbocycles. The van der Waals surface area contributed by atoms with E-state index in [0.29, 0.717) is 38.0 Å². The van der Waals surface area contributed by atoms with Gasteiger partial charge >= 0.3 is 0 Å². The van der Waals surface area contributed by atoms with Gasteiger partial charge in [-0.2, -0.15) is 0 Å². The van der Waals surface area contributed by atoms with E-state index in [4.69, 9.17) is 4.74 Å². The molecule has 0 bridgehead atoms. The van der Waals surface area contributed by atoms with E-state index in [0.717, 1.165) is 16.9 Å². The van der Waals surface area contributed by atoms with Crippen molar-refractivity contribution in [3.63, 3.8) is 0 Å². The Bertz CT molecular complexity index is 1100. The van der Waals surface area contributed by atoms with Gasteiger partial charge in [0.15, 0.2) is 0 Å². The highest BCUT2D eigenvalue weighted by atomic mass is 19.1. The molecule has 2 amide bonds. The molecule has 1 heterocycles. The molecule has 6 heteroatoms. The molecule has 2 atom stereocenters. The molecule has 0 radical (unpaired) electrons. The lowest BCUT2D eigenvalue weighted by atomic mass is 9.83. The van der Waals surface area contributed by atoms with Gasteiger partial charge in [0.1, 0.15) is 11.6 Å². The van der Waals surface area contributed by atoms with E-state index in [9.17, 15) is 14.0 Å². The minimum Gasteiger partial charge on any atom is -0.497 e. The zero-order chi connectivity index (χ0) is 23.9. The van der Waals surface area contributed by atoms with Crippen molar-refractivity contribution in [3.8, 4) is 5.75 Å². The van der Waals surface area contributed by atoms with Crippen LogP contribution in [0.15, 0.2) is 78.9 Å². The van der Waals surface area contributed by atoms with E-state index >= 15 is 0 Å². The second kappa shape index (κ2) is 11.0. The van der Waals surface area contributed by atoms with Crippen LogP contribution >= 0.6 is 0 Å². The minimum absolute atomic E-state index is 0.0500. The maximum absolute atomic E-state index is 13.3. The van der Waals surface area contributed by atoms with Crippen LogP contribution in [0.2, 0.25) is 0 Å². The van der Waals surface area contributed by atoms with Crippen LogP contribution in [0.5, 0.6) is 5.75 Å². The third-order valence-electron chi connectivity index (χ3n) is 6.34. The number of carbonyl (C=O) groups excluding carboxylic acids is 2. The van der Waals surface area contributed by atoms with Crippen molar-refractivity contribution in [2.45, 2.75) is 18.8 Å². The summed E-state index contributed by atoms with van der Waals surface area (Å²) in [5.74, 6) is -0.0852. The fraction of sp³-hybridized carbons (Fsp3) is 0.286. The topological polar surface area (TPSA) is 58.6 Å². The zero-order valence-electron chi connectivity index (χ0n) is 19.2. The van der Waals surface area contributed by atoms with Gasteiger partial charge in [-0.15, -0.1) is 0 Å². The number of methoxy groups -OCH3 is 1. The van der Waals surface area contributed by atoms with Crippen LogP contribution in [-0.2, 0) is 11.2 Å². The molecule has 1 saturated heterocycles. The van der Waals surface area contributed by atoms with Gasteiger partial charge in [-0.05, 0) is 60.4 Å². The Balaban J connectivity index is 1.44. The van der Waals surface area contributed by atoms with Crippen molar-refractivity contribution in [2.24, 2.45) is 5.92 Å². The number of rotatable bonds is 7. The number of carbonyl (C=O) groups is 2. The summed E-state index contributed by atoms with van der Waals surface area (Å²) < 4.78 is 18.5. The Kier molecular flexibility index (Phi) is 7.58. The number of nitrogens with one attached hydrogen (secondary N) is 1. The summed E-state index contributed by atoms with van der Waals surface area (Å²) in [6, 6.07) is 23.3. The fourth-order valence-corrected chi connectivity index (χ4v) is 4.46. The van der Waals surface area contributed by atoms with Gasteiger partial charge in [0.2, 0.25) is 5.91 Å². The zero-order valence-corrected chi connectivity index (χ0v) is 19.2. The van der Waals surface area contributed by atoms with Crippen LogP contribution in [0.4, 0.5) is 4.39 Å². The number of benzene rings is 3. The van der Waals surface area contributed by atoms with Gasteiger partial charge in [-0.25, -0.2) is 4.39 Å². The molecule has 0 aromatic heterocycles. The molecule has 0 saturated carbocycles. The van der Waals surface area contributed by atoms with Gasteiger partial charge in [-0.1, -0.05) is 42.5 Å². The minimum atomic E-state index is -0.383. The second-order valence-electron chi connectivity index (χ2n) is 8.65. The summed E-state index contributed by atoms with van der Waals surface area (Å²) in [6.07, 6.45) is 1.38. The third kappa shape index (κ3) is 5.81. The average Bonchev–Trinajstić information content (AvgIpc) is 2.89. The molecule has 1 aliphatic rings. The average molecular weight is 461 g/mol. The van der Waals surface area contributed by atoms with Crippen molar-refractivity contribution in [3.05, 3.63) is 101 Å². The lowest BCUT2D eigenvalue weighted by molar-refractivity contribution is -0.126. The van der Waals surface area contributed by atoms with Crippen LogP contribution in [0.25, 0.3) is 0 Å². The van der Waals surface area contributed by atoms with E-state index in [-0.39, 0.29) is 29.5 Å². The standard InChI is InChI=1S/C28H29FN2O3/c1-34-26-13-7-20(8-14-26)15-16-30-27(32)24-17-23(21-5-3-2-4-6-21)18-31(19-24)28(33)22-9-11-25(29)12-10-22/h2-14,23-24H,15-19H2,1H3,(H,30,32)/t23-,24-/m1/s1. The summed E-state index contributed by atoms with van der Waals surface area (Å²) in [5.41, 5.74) is 2.64. The van der Waals surface area contributed by atoms with Crippen molar-refractivity contribution in [2.75, 3.05) is 26.7 Å². The Morgan fingerprint density at radius 2 is 1.68 bits per heavy atom. The summed E-state index contributed by atoms with van der Waals surface area (Å²) >= 11 is 0. The molecule has 5 nitrogen and oxygen atoms in total. The number of likely N-dealkylation sites (tertiary alicyclic amines) is 1. The lowest BCUT2D eigenvalue weighted by Crippen LogP contribution is -2.48. The predicted molar refractivity (Wildman–Crippen MR) is 129 cm³/mol. The Morgan fingerprint density at radius 1 is 0.971 bits per heavy atom. The van der Waals surface area contributed by atoms with Crippen LogP contribution in [0, 0.1) is 11.7 Å². The molecular weight excluding hydrogens is 431 g/mol. The van der Waals surface area contributed by atoms with Gasteiger partial charge < -0.3 is 15.0 Å². The summed E-state index contributed by atoms with van der Waals surface area (Å²) in [4.78, 5) is 28.0. The van der Waals surface area contributed by atoms with Gasteiger partial charge in [-0.3, -0.25) is 9.59 Å². The second-order valence-corrected chi connectivity index (χ2v) is 8.65. The Hall–Kier alpha value is -3.67. The smallest absolute Gasteiger partial charge is 0.253 e. The number of nitrogens with zero attached hydrogens (tertiary/aromatic N) is 1. The van der Waals surface area contributed by atoms with Crippen LogP contribution in [-0.4, -0.2) is 43.5 Å². The van der Waals surface area contributed by atoms with Crippen molar-refractivity contribution in [1.29, 1.82) is 0 Å². The van der Waals surface area contributed by atoms with E-state index in [1.807, 2.05) is 54.6 Å². The summed E-state index contributed by atoms with van der Waals surface area (Å²) in [7, 11) is 1.63. The quantitative estimate of drug-likeness (QED) is 0.567. The Morgan fingerprint density at radius 3 is 2.35 bits per heavy atom. The number of ether oxygens (including phenoxy) is 1. The highest BCUT2D eigenvalue weighted by molar-refractivity contribution is 5.94. The largest absolute Gasteiger partial charge is 0.497 e. The third-order valence-corrected chi connectivity index (χ3v) is 6.34. The number of hydrogen-bond donors (Lipinski definition) is 1. The van der Waals surface area contributed by atoms with E-state index in [2.05, 4.69) is 5.32 Å². The molecule has 0 unspecified atom stereocenters. The molecule has 1 N–H and O–H groups in total. The number of amides is 2. The first kappa shape index (κ1) is 23.5. The SMILES string of the molecule is COc1ccc(CCNC(=O)[C@@H]2C[C@@H](c3ccccc3)CN(C(=O)c3ccc(F)cc3)C2)cc1. The number of hydrogen-bond acceptors (Lipinski definition) is 3. The molecule has 176 valence electrons. The van der Waals surface area contributed by atoms with Crippen molar-refractivity contribution < 1.29 is 18.7 Å². The Labute approximate surface area is 199 Å². The highest BCUT2D eigenvalue weighted by Gasteiger charge is 2.34. The molecule has 1 aliphatic heterocycles. The van der Waals surface area contributed by atoms with Crippen LogP contribution in [0.3, 0.4) is 0 Å². The van der Waals surface area contributed by atoms with Crippen LogP contribution < -0.4 is 10.1 Å². The van der Waals surface area contributed by atoms with E-state index in [1.54, 1.807) is 12.0 Å². The first-order valence-electron chi connectivity index (χ1n) is 11.5. The first-order valence-corrected chi connectivity index (χ1v) is 11.5.